The third-order valence-electron chi connectivity index (χ3n) is 2.93. The van der Waals surface area contributed by atoms with Gasteiger partial charge in [0.1, 0.15) is 4.90 Å². The first-order valence-corrected chi connectivity index (χ1v) is 7.80. The van der Waals surface area contributed by atoms with E-state index in [1.807, 2.05) is 4.72 Å². The van der Waals surface area contributed by atoms with E-state index in [4.69, 9.17) is 16.7 Å². The number of sulfonamides is 1. The molecule has 0 fully saturated rings. The summed E-state index contributed by atoms with van der Waals surface area (Å²) in [4.78, 5) is 9.99. The van der Waals surface area contributed by atoms with Gasteiger partial charge < -0.3 is 10.2 Å². The number of rotatable bonds is 6. The summed E-state index contributed by atoms with van der Waals surface area (Å²) in [7, 11) is -4.35. The molecule has 0 bridgehead atoms. The standard InChI is InChI=1S/C12H15ClFNO5S/c1-3-12(2,18)6-15-21(19,20)9-5-7(13)4-8(10(9)14)11(16)17/h4-5,15,18H,3,6H2,1-2H3,(H,16,17). The lowest BCUT2D eigenvalue weighted by molar-refractivity contribution is 0.0612. The number of aliphatic hydroxyl groups is 1. The second-order valence-electron chi connectivity index (χ2n) is 4.75. The van der Waals surface area contributed by atoms with Gasteiger partial charge in [-0.2, -0.15) is 0 Å². The van der Waals surface area contributed by atoms with E-state index in [1.54, 1.807) is 6.92 Å². The molecule has 0 spiro atoms. The molecule has 1 rings (SSSR count). The van der Waals surface area contributed by atoms with Crippen molar-refractivity contribution in [2.24, 2.45) is 0 Å². The van der Waals surface area contributed by atoms with E-state index in [2.05, 4.69) is 0 Å². The maximum absolute atomic E-state index is 14.0. The quantitative estimate of drug-likeness (QED) is 0.730. The largest absolute Gasteiger partial charge is 0.478 e. The van der Waals surface area contributed by atoms with Gasteiger partial charge in [-0.05, 0) is 25.5 Å². The molecule has 118 valence electrons. The molecule has 0 aliphatic carbocycles. The van der Waals surface area contributed by atoms with Gasteiger partial charge in [0.25, 0.3) is 0 Å². The fraction of sp³-hybridized carbons (Fsp3) is 0.417. The Morgan fingerprint density at radius 3 is 2.52 bits per heavy atom. The maximum Gasteiger partial charge on any atom is 0.338 e. The Labute approximate surface area is 126 Å². The molecule has 6 nitrogen and oxygen atoms in total. The van der Waals surface area contributed by atoms with Gasteiger partial charge in [0, 0.05) is 11.6 Å². The Hall–Kier alpha value is -1.22. The molecule has 1 aromatic rings. The monoisotopic (exact) mass is 339 g/mol. The summed E-state index contributed by atoms with van der Waals surface area (Å²) in [6.45, 7) is 2.71. The Kier molecular flexibility index (Phi) is 5.32. The molecular formula is C12H15ClFNO5S. The molecule has 1 unspecified atom stereocenters. The molecular weight excluding hydrogens is 325 g/mol. The summed E-state index contributed by atoms with van der Waals surface area (Å²) in [5.74, 6) is -3.04. The topological polar surface area (TPSA) is 104 Å². The highest BCUT2D eigenvalue weighted by Crippen LogP contribution is 2.24. The lowest BCUT2D eigenvalue weighted by Crippen LogP contribution is -2.40. The van der Waals surface area contributed by atoms with Crippen LogP contribution in [0.2, 0.25) is 5.02 Å². The summed E-state index contributed by atoms with van der Waals surface area (Å²) in [5.41, 5.74) is -2.15. The summed E-state index contributed by atoms with van der Waals surface area (Å²) < 4.78 is 40.1. The molecule has 3 N–H and O–H groups in total. The average Bonchev–Trinajstić information content (AvgIpc) is 2.38. The minimum absolute atomic E-state index is 0.226. The van der Waals surface area contributed by atoms with Crippen LogP contribution in [0, 0.1) is 5.82 Å². The predicted molar refractivity (Wildman–Crippen MR) is 74.5 cm³/mol. The number of hydrogen-bond donors (Lipinski definition) is 3. The molecule has 0 aromatic heterocycles. The van der Waals surface area contributed by atoms with Crippen LogP contribution in [0.15, 0.2) is 17.0 Å². The van der Waals surface area contributed by atoms with Crippen molar-refractivity contribution in [2.45, 2.75) is 30.8 Å². The van der Waals surface area contributed by atoms with Gasteiger partial charge in [0.2, 0.25) is 10.0 Å². The van der Waals surface area contributed by atoms with Crippen LogP contribution in [0.1, 0.15) is 30.6 Å². The highest BCUT2D eigenvalue weighted by Gasteiger charge is 2.27. The first kappa shape index (κ1) is 17.8. The smallest absolute Gasteiger partial charge is 0.338 e. The minimum atomic E-state index is -4.35. The molecule has 0 aliphatic rings. The Balaban J connectivity index is 3.23. The minimum Gasteiger partial charge on any atom is -0.478 e. The van der Waals surface area contributed by atoms with E-state index in [0.717, 1.165) is 12.1 Å². The zero-order valence-corrected chi connectivity index (χ0v) is 12.9. The van der Waals surface area contributed by atoms with Crippen molar-refractivity contribution < 1.29 is 27.8 Å². The normalized spacial score (nSPS) is 14.7. The molecule has 9 heteroatoms. The van der Waals surface area contributed by atoms with Crippen molar-refractivity contribution in [1.82, 2.24) is 4.72 Å². The number of carboxylic acids is 1. The van der Waals surface area contributed by atoms with Gasteiger partial charge in [-0.3, -0.25) is 0 Å². The third kappa shape index (κ3) is 4.37. The first-order chi connectivity index (χ1) is 9.50. The molecule has 21 heavy (non-hydrogen) atoms. The van der Waals surface area contributed by atoms with Gasteiger partial charge in [0.05, 0.1) is 11.2 Å². The number of hydrogen-bond acceptors (Lipinski definition) is 4. The van der Waals surface area contributed by atoms with E-state index in [0.29, 0.717) is 0 Å². The first-order valence-electron chi connectivity index (χ1n) is 5.94. The van der Waals surface area contributed by atoms with Gasteiger partial charge >= 0.3 is 5.97 Å². The van der Waals surface area contributed by atoms with Gasteiger partial charge in [-0.1, -0.05) is 18.5 Å². The van der Waals surface area contributed by atoms with Crippen molar-refractivity contribution >= 4 is 27.6 Å². The number of carboxylic acid groups (broad SMARTS) is 1. The second-order valence-corrected chi connectivity index (χ2v) is 6.92. The third-order valence-corrected chi connectivity index (χ3v) is 4.55. The van der Waals surface area contributed by atoms with Crippen LogP contribution in [0.3, 0.4) is 0 Å². The van der Waals surface area contributed by atoms with Crippen LogP contribution in [-0.2, 0) is 10.0 Å². The van der Waals surface area contributed by atoms with Crippen molar-refractivity contribution in [3.05, 3.63) is 28.5 Å². The van der Waals surface area contributed by atoms with Crippen molar-refractivity contribution in [1.29, 1.82) is 0 Å². The summed E-state index contributed by atoms with van der Waals surface area (Å²) in [6, 6.07) is 1.63. The van der Waals surface area contributed by atoms with Gasteiger partial charge in [0.15, 0.2) is 5.82 Å². The summed E-state index contributed by atoms with van der Waals surface area (Å²) >= 11 is 5.62. The van der Waals surface area contributed by atoms with Crippen LogP contribution in [-0.4, -0.2) is 36.7 Å². The van der Waals surface area contributed by atoms with Gasteiger partial charge in [-0.25, -0.2) is 22.3 Å². The highest BCUT2D eigenvalue weighted by atomic mass is 35.5. The number of aromatic carboxylic acids is 1. The molecule has 1 atom stereocenters. The van der Waals surface area contributed by atoms with E-state index in [-0.39, 0.29) is 18.0 Å². The van der Waals surface area contributed by atoms with Crippen LogP contribution in [0.5, 0.6) is 0 Å². The SMILES string of the molecule is CCC(C)(O)CNS(=O)(=O)c1cc(Cl)cc(C(=O)O)c1F. The lowest BCUT2D eigenvalue weighted by Gasteiger charge is -2.21. The fourth-order valence-electron chi connectivity index (χ4n) is 1.37. The Morgan fingerprint density at radius 1 is 1.48 bits per heavy atom. The second kappa shape index (κ2) is 6.27. The average molecular weight is 340 g/mol. The number of nitrogens with one attached hydrogen (secondary N) is 1. The number of benzene rings is 1. The van der Waals surface area contributed by atoms with E-state index >= 15 is 0 Å². The molecule has 1 aromatic carbocycles. The zero-order valence-electron chi connectivity index (χ0n) is 11.4. The van der Waals surface area contributed by atoms with Crippen LogP contribution in [0.25, 0.3) is 0 Å². The predicted octanol–water partition coefficient (Wildman–Crippen LogP) is 1.62. The van der Waals surface area contributed by atoms with Crippen LogP contribution in [0.4, 0.5) is 4.39 Å². The van der Waals surface area contributed by atoms with Gasteiger partial charge in [-0.15, -0.1) is 0 Å². The molecule has 0 amide bonds. The molecule has 0 aliphatic heterocycles. The number of halogens is 2. The van der Waals surface area contributed by atoms with E-state index in [1.165, 1.54) is 6.92 Å². The molecule has 0 heterocycles. The lowest BCUT2D eigenvalue weighted by atomic mass is 10.1. The van der Waals surface area contributed by atoms with Crippen LogP contribution < -0.4 is 4.72 Å². The fourth-order valence-corrected chi connectivity index (χ4v) is 2.94. The van der Waals surface area contributed by atoms with Crippen molar-refractivity contribution in [2.75, 3.05) is 6.54 Å². The number of carbonyl (C=O) groups is 1. The Bertz CT molecular complexity index is 660. The molecule has 0 saturated heterocycles. The molecule has 0 saturated carbocycles. The van der Waals surface area contributed by atoms with E-state index in [9.17, 15) is 22.7 Å². The maximum atomic E-state index is 14.0. The summed E-state index contributed by atoms with van der Waals surface area (Å²) in [5, 5.41) is 18.4. The van der Waals surface area contributed by atoms with Crippen molar-refractivity contribution in [3.8, 4) is 0 Å². The summed E-state index contributed by atoms with van der Waals surface area (Å²) in [6.07, 6.45) is 0.272. The van der Waals surface area contributed by atoms with Crippen LogP contribution >= 0.6 is 11.6 Å². The van der Waals surface area contributed by atoms with E-state index < -0.39 is 37.9 Å². The Morgan fingerprint density at radius 2 is 2.05 bits per heavy atom. The zero-order chi connectivity index (χ0) is 16.4. The van der Waals surface area contributed by atoms with Crippen molar-refractivity contribution in [3.63, 3.8) is 0 Å². The molecule has 0 radical (unpaired) electrons. The highest BCUT2D eigenvalue weighted by molar-refractivity contribution is 7.89.